The average Bonchev–Trinajstić information content (AvgIpc) is 3.45. The molecule has 4 aromatic rings. The van der Waals surface area contributed by atoms with Crippen LogP contribution in [0.4, 0.5) is 11.5 Å². The molecular formula is C30H34N8O3. The number of aryl methyl sites for hydroxylation is 1. The lowest BCUT2D eigenvalue weighted by atomic mass is 10.0. The molecule has 1 fully saturated rings. The van der Waals surface area contributed by atoms with E-state index in [-0.39, 0.29) is 11.4 Å². The zero-order chi connectivity index (χ0) is 28.8. The van der Waals surface area contributed by atoms with Crippen molar-refractivity contribution < 1.29 is 9.47 Å². The van der Waals surface area contributed by atoms with Crippen molar-refractivity contribution in [3.8, 4) is 11.1 Å². The Morgan fingerprint density at radius 1 is 1.27 bits per heavy atom. The molecule has 0 spiro atoms. The molecule has 0 atom stereocenters. The van der Waals surface area contributed by atoms with Gasteiger partial charge in [-0.05, 0) is 47.7 Å². The van der Waals surface area contributed by atoms with Crippen LogP contribution in [0.1, 0.15) is 11.3 Å². The molecule has 5 rings (SSSR count). The first-order valence-corrected chi connectivity index (χ1v) is 13.4. The number of pyridine rings is 2. The number of allylic oxidation sites excluding steroid dienone is 1. The quantitative estimate of drug-likeness (QED) is 0.200. The lowest BCUT2D eigenvalue weighted by Gasteiger charge is -2.26. The summed E-state index contributed by atoms with van der Waals surface area (Å²) in [6.45, 7) is 11.4. The number of nitrogens with two attached hydrogens (primary N) is 1. The summed E-state index contributed by atoms with van der Waals surface area (Å²) >= 11 is 0. The molecule has 1 aliphatic rings. The fraction of sp³-hybridized carbons (Fsp3) is 0.267. The molecule has 212 valence electrons. The van der Waals surface area contributed by atoms with E-state index in [0.717, 1.165) is 67.2 Å². The van der Waals surface area contributed by atoms with Crippen molar-refractivity contribution in [1.82, 2.24) is 24.6 Å². The number of morpholine rings is 1. The van der Waals surface area contributed by atoms with Crippen molar-refractivity contribution >= 4 is 34.1 Å². The summed E-state index contributed by atoms with van der Waals surface area (Å²) in [7, 11) is 1.46. The third-order valence-electron chi connectivity index (χ3n) is 6.93. The molecule has 11 nitrogen and oxygen atoms in total. The van der Waals surface area contributed by atoms with Crippen molar-refractivity contribution in [2.45, 2.75) is 13.5 Å². The predicted molar refractivity (Wildman–Crippen MR) is 162 cm³/mol. The lowest BCUT2D eigenvalue weighted by Crippen LogP contribution is -2.38. The van der Waals surface area contributed by atoms with Crippen molar-refractivity contribution in [2.75, 3.05) is 45.3 Å². The highest BCUT2D eigenvalue weighted by molar-refractivity contribution is 6.10. The van der Waals surface area contributed by atoms with Gasteiger partial charge in [-0.3, -0.25) is 19.4 Å². The first-order valence-electron chi connectivity index (χ1n) is 13.4. The summed E-state index contributed by atoms with van der Waals surface area (Å²) in [5, 5.41) is 9.09. The van der Waals surface area contributed by atoms with Gasteiger partial charge in [-0.1, -0.05) is 12.6 Å². The van der Waals surface area contributed by atoms with E-state index in [1.807, 2.05) is 29.1 Å². The molecule has 0 amide bonds. The number of aliphatic imine (C=N–C) groups is 1. The van der Waals surface area contributed by atoms with Crippen LogP contribution in [-0.2, 0) is 16.0 Å². The molecule has 4 heterocycles. The SMILES string of the molecule is C=C(C=N/C=C(\N)OC)c1cc2cc[nH]c(=O)c2c(Nc2ccc(-c3cnn(CCN4CCOCC4)c3)c(C)c2)n1. The topological polar surface area (TPSA) is 136 Å². The maximum atomic E-state index is 12.8. The zero-order valence-corrected chi connectivity index (χ0v) is 23.3. The summed E-state index contributed by atoms with van der Waals surface area (Å²) in [6, 6.07) is 9.69. The predicted octanol–water partition coefficient (Wildman–Crippen LogP) is 3.66. The monoisotopic (exact) mass is 554 g/mol. The van der Waals surface area contributed by atoms with Gasteiger partial charge in [0.1, 0.15) is 5.82 Å². The summed E-state index contributed by atoms with van der Waals surface area (Å²) < 4.78 is 12.3. The molecule has 0 saturated carbocycles. The van der Waals surface area contributed by atoms with Gasteiger partial charge in [-0.15, -0.1) is 0 Å². The van der Waals surface area contributed by atoms with Crippen molar-refractivity contribution in [1.29, 1.82) is 0 Å². The molecule has 1 aromatic carbocycles. The third kappa shape index (κ3) is 6.71. The van der Waals surface area contributed by atoms with Crippen LogP contribution >= 0.6 is 0 Å². The smallest absolute Gasteiger partial charge is 0.259 e. The van der Waals surface area contributed by atoms with E-state index in [0.29, 0.717) is 22.5 Å². The number of ether oxygens (including phenoxy) is 2. The first-order chi connectivity index (χ1) is 19.9. The van der Waals surface area contributed by atoms with Crippen LogP contribution in [0.15, 0.2) is 77.4 Å². The number of anilines is 2. The van der Waals surface area contributed by atoms with Crippen molar-refractivity contribution in [2.24, 2.45) is 10.7 Å². The van der Waals surface area contributed by atoms with Crippen molar-refractivity contribution in [3.05, 3.63) is 89.2 Å². The highest BCUT2D eigenvalue weighted by Gasteiger charge is 2.14. The van der Waals surface area contributed by atoms with E-state index >= 15 is 0 Å². The number of aromatic amines is 1. The largest absolute Gasteiger partial charge is 0.482 e. The molecule has 0 aliphatic carbocycles. The van der Waals surface area contributed by atoms with Gasteiger partial charge in [-0.2, -0.15) is 5.10 Å². The van der Waals surface area contributed by atoms with E-state index < -0.39 is 0 Å². The molecule has 0 unspecified atom stereocenters. The number of nitrogens with zero attached hydrogens (tertiary/aromatic N) is 5. The first kappa shape index (κ1) is 27.8. The average molecular weight is 555 g/mol. The molecule has 3 aromatic heterocycles. The Hall–Kier alpha value is -4.74. The second-order valence-electron chi connectivity index (χ2n) is 9.77. The van der Waals surface area contributed by atoms with E-state index in [2.05, 4.69) is 51.1 Å². The van der Waals surface area contributed by atoms with Crippen LogP contribution in [0.2, 0.25) is 0 Å². The van der Waals surface area contributed by atoms with Gasteiger partial charge in [0.15, 0.2) is 0 Å². The number of methoxy groups -OCH3 is 1. The fourth-order valence-electron chi connectivity index (χ4n) is 4.68. The Morgan fingerprint density at radius 3 is 2.88 bits per heavy atom. The summed E-state index contributed by atoms with van der Waals surface area (Å²) in [5.74, 6) is 0.595. The summed E-state index contributed by atoms with van der Waals surface area (Å²) in [6.07, 6.45) is 8.51. The molecule has 1 aliphatic heterocycles. The number of hydrogen-bond acceptors (Lipinski definition) is 9. The standard InChI is InChI=1S/C30H34N8O3/c1-20-14-24(4-5-25(20)23-17-34-38(19-23)9-8-37-10-12-41-13-11-37)35-29-28-22(6-7-33-30(28)39)15-26(36-29)21(2)16-32-18-27(31)40-3/h4-7,14-19H,2,8-13,31H2,1,3H3,(H,33,39)(H,35,36)/b27-18+,32-16?. The maximum absolute atomic E-state index is 12.8. The molecule has 0 bridgehead atoms. The number of benzene rings is 1. The summed E-state index contributed by atoms with van der Waals surface area (Å²) in [4.78, 5) is 26.8. The van der Waals surface area contributed by atoms with Crippen LogP contribution in [0.25, 0.3) is 27.5 Å². The minimum absolute atomic E-state index is 0.175. The Labute approximate surface area is 238 Å². The van der Waals surface area contributed by atoms with Gasteiger partial charge < -0.3 is 25.5 Å². The Bertz CT molecular complexity index is 1660. The third-order valence-corrected chi connectivity index (χ3v) is 6.93. The maximum Gasteiger partial charge on any atom is 0.259 e. The van der Waals surface area contributed by atoms with Gasteiger partial charge in [0.25, 0.3) is 5.56 Å². The highest BCUT2D eigenvalue weighted by Crippen LogP contribution is 2.29. The van der Waals surface area contributed by atoms with Crippen LogP contribution in [0.3, 0.4) is 0 Å². The molecular weight excluding hydrogens is 520 g/mol. The molecule has 11 heteroatoms. The van der Waals surface area contributed by atoms with Crippen LogP contribution in [0.5, 0.6) is 0 Å². The van der Waals surface area contributed by atoms with Crippen LogP contribution in [-0.4, -0.2) is 70.8 Å². The van der Waals surface area contributed by atoms with Gasteiger partial charge in [0.05, 0.1) is 50.3 Å². The van der Waals surface area contributed by atoms with E-state index in [1.165, 1.54) is 19.5 Å². The Morgan fingerprint density at radius 2 is 2.10 bits per heavy atom. The molecule has 4 N–H and O–H groups in total. The number of hydrogen-bond donors (Lipinski definition) is 3. The van der Waals surface area contributed by atoms with E-state index in [4.69, 9.17) is 20.2 Å². The van der Waals surface area contributed by atoms with Crippen LogP contribution < -0.4 is 16.6 Å². The van der Waals surface area contributed by atoms with E-state index in [9.17, 15) is 4.79 Å². The number of aromatic nitrogens is 4. The lowest BCUT2D eigenvalue weighted by molar-refractivity contribution is 0.0360. The number of H-pyrrole nitrogens is 1. The van der Waals surface area contributed by atoms with Crippen LogP contribution in [0, 0.1) is 6.92 Å². The highest BCUT2D eigenvalue weighted by atomic mass is 16.5. The number of rotatable bonds is 10. The Kier molecular flexibility index (Phi) is 8.56. The minimum atomic E-state index is -0.239. The van der Waals surface area contributed by atoms with Crippen molar-refractivity contribution in [3.63, 3.8) is 0 Å². The van der Waals surface area contributed by atoms with E-state index in [1.54, 1.807) is 12.3 Å². The normalized spacial score (nSPS) is 14.5. The second kappa shape index (κ2) is 12.6. The molecule has 41 heavy (non-hydrogen) atoms. The van der Waals surface area contributed by atoms with Gasteiger partial charge in [0, 0.05) is 55.1 Å². The fourth-order valence-corrected chi connectivity index (χ4v) is 4.68. The second-order valence-corrected chi connectivity index (χ2v) is 9.77. The Balaban J connectivity index is 1.37. The van der Waals surface area contributed by atoms with Gasteiger partial charge in [0.2, 0.25) is 5.88 Å². The zero-order valence-electron chi connectivity index (χ0n) is 23.3. The molecule has 0 radical (unpaired) electrons. The number of nitrogens with one attached hydrogen (secondary N) is 2. The van der Waals surface area contributed by atoms with Gasteiger partial charge >= 0.3 is 0 Å². The summed E-state index contributed by atoms with van der Waals surface area (Å²) in [5.41, 5.74) is 10.5. The van der Waals surface area contributed by atoms with Gasteiger partial charge in [-0.25, -0.2) is 4.98 Å². The molecule has 1 saturated heterocycles. The minimum Gasteiger partial charge on any atom is -0.482 e. The number of fused-ring (bicyclic) bond motifs is 1.